The first-order valence-electron chi connectivity index (χ1n) is 9.25. The zero-order valence-electron chi connectivity index (χ0n) is 15.3. The van der Waals surface area contributed by atoms with Crippen LogP contribution in [0.15, 0.2) is 35.2 Å². The lowest BCUT2D eigenvalue weighted by atomic mass is 10.2. The number of hydrogen-bond donors (Lipinski definition) is 1. The first-order valence-corrected chi connectivity index (χ1v) is 12.3. The summed E-state index contributed by atoms with van der Waals surface area (Å²) in [5, 5.41) is 3.12. The average molecular weight is 418 g/mol. The minimum atomic E-state index is -3.78. The fraction of sp³-hybridized carbons (Fsp3) is 0.647. The molecule has 1 aromatic carbocycles. The van der Waals surface area contributed by atoms with Crippen molar-refractivity contribution in [2.24, 2.45) is 0 Å². The molecule has 2 aliphatic rings. The van der Waals surface area contributed by atoms with Gasteiger partial charge < -0.3 is 10.1 Å². The molecule has 2 heterocycles. The van der Waals surface area contributed by atoms with E-state index in [0.717, 1.165) is 12.8 Å². The third-order valence-electron chi connectivity index (χ3n) is 4.88. The van der Waals surface area contributed by atoms with Gasteiger partial charge in [-0.1, -0.05) is 18.2 Å². The molecular weight excluding hydrogens is 390 g/mol. The average Bonchev–Trinajstić information content (AvgIpc) is 3.19. The van der Waals surface area contributed by atoms with Crippen molar-refractivity contribution in [1.82, 2.24) is 13.9 Å². The molecule has 1 aromatic rings. The second kappa shape index (κ2) is 8.97. The summed E-state index contributed by atoms with van der Waals surface area (Å²) in [6.45, 7) is 2.77. The first-order chi connectivity index (χ1) is 12.9. The molecule has 3 rings (SSSR count). The van der Waals surface area contributed by atoms with Crippen molar-refractivity contribution < 1.29 is 21.6 Å². The van der Waals surface area contributed by atoms with Crippen molar-refractivity contribution in [2.45, 2.75) is 23.8 Å². The highest BCUT2D eigenvalue weighted by Crippen LogP contribution is 2.20. The second-order valence-corrected chi connectivity index (χ2v) is 10.8. The van der Waals surface area contributed by atoms with Gasteiger partial charge in [-0.2, -0.15) is 8.61 Å². The van der Waals surface area contributed by atoms with Crippen LogP contribution < -0.4 is 5.32 Å². The highest BCUT2D eigenvalue weighted by molar-refractivity contribution is 7.90. The Morgan fingerprint density at radius 3 is 2.44 bits per heavy atom. The highest BCUT2D eigenvalue weighted by atomic mass is 32.2. The molecule has 152 valence electrons. The molecule has 0 bridgehead atoms. The zero-order chi connectivity index (χ0) is 19.3. The van der Waals surface area contributed by atoms with Crippen LogP contribution in [0.5, 0.6) is 0 Å². The van der Waals surface area contributed by atoms with Gasteiger partial charge in [-0.3, -0.25) is 0 Å². The summed E-state index contributed by atoms with van der Waals surface area (Å²) in [5.41, 5.74) is 0. The number of ether oxygens (including phenoxy) is 1. The predicted molar refractivity (Wildman–Crippen MR) is 102 cm³/mol. The molecule has 27 heavy (non-hydrogen) atoms. The van der Waals surface area contributed by atoms with E-state index in [1.54, 1.807) is 18.2 Å². The molecule has 0 radical (unpaired) electrons. The Morgan fingerprint density at radius 1 is 1.11 bits per heavy atom. The van der Waals surface area contributed by atoms with Crippen LogP contribution >= 0.6 is 0 Å². The number of piperazine rings is 1. The van der Waals surface area contributed by atoms with Gasteiger partial charge in [0.25, 0.3) is 0 Å². The molecule has 0 amide bonds. The van der Waals surface area contributed by atoms with Gasteiger partial charge in [-0.05, 0) is 25.0 Å². The van der Waals surface area contributed by atoms with Crippen LogP contribution in [0.4, 0.5) is 0 Å². The van der Waals surface area contributed by atoms with E-state index < -0.39 is 20.0 Å². The van der Waals surface area contributed by atoms with Crippen molar-refractivity contribution in [2.75, 3.05) is 51.6 Å². The second-order valence-electron chi connectivity index (χ2n) is 6.78. The van der Waals surface area contributed by atoms with Crippen molar-refractivity contribution in [1.29, 1.82) is 0 Å². The topological polar surface area (TPSA) is 96.0 Å². The van der Waals surface area contributed by atoms with Gasteiger partial charge in [0.15, 0.2) is 0 Å². The van der Waals surface area contributed by atoms with Crippen LogP contribution in [0.25, 0.3) is 0 Å². The molecule has 0 aromatic heterocycles. The van der Waals surface area contributed by atoms with Gasteiger partial charge in [-0.25, -0.2) is 16.8 Å². The van der Waals surface area contributed by atoms with Crippen LogP contribution in [0.3, 0.4) is 0 Å². The van der Waals surface area contributed by atoms with E-state index in [4.69, 9.17) is 4.74 Å². The van der Waals surface area contributed by atoms with E-state index in [2.05, 4.69) is 5.32 Å². The predicted octanol–water partition coefficient (Wildman–Crippen LogP) is 0.0913. The molecule has 10 heteroatoms. The number of rotatable bonds is 8. The summed E-state index contributed by atoms with van der Waals surface area (Å²) in [6.07, 6.45) is 1.49. The summed E-state index contributed by atoms with van der Waals surface area (Å²) in [5.74, 6) is -0.230. The fourth-order valence-corrected chi connectivity index (χ4v) is 6.39. The minimum Gasteiger partial charge on any atom is -0.377 e. The maximum atomic E-state index is 13.1. The third kappa shape index (κ3) is 5.27. The van der Waals surface area contributed by atoms with Crippen LogP contribution in [0.2, 0.25) is 0 Å². The largest absolute Gasteiger partial charge is 0.377 e. The van der Waals surface area contributed by atoms with Gasteiger partial charge in [0.1, 0.15) is 0 Å². The minimum absolute atomic E-state index is 0.0800. The third-order valence-corrected chi connectivity index (χ3v) is 8.61. The molecule has 2 aliphatic heterocycles. The van der Waals surface area contributed by atoms with Crippen LogP contribution in [-0.2, 0) is 24.8 Å². The number of benzene rings is 1. The highest BCUT2D eigenvalue weighted by Gasteiger charge is 2.31. The van der Waals surface area contributed by atoms with Gasteiger partial charge in [0, 0.05) is 45.9 Å². The molecule has 0 saturated carbocycles. The lowest BCUT2D eigenvalue weighted by molar-refractivity contribution is 0.0947. The van der Waals surface area contributed by atoms with Crippen LogP contribution in [0.1, 0.15) is 12.8 Å². The zero-order valence-corrected chi connectivity index (χ0v) is 16.9. The van der Waals surface area contributed by atoms with Crippen molar-refractivity contribution in [3.63, 3.8) is 0 Å². The van der Waals surface area contributed by atoms with Crippen molar-refractivity contribution in [3.05, 3.63) is 30.3 Å². The molecular formula is C17H27N3O5S2. The van der Waals surface area contributed by atoms with Crippen molar-refractivity contribution in [3.8, 4) is 0 Å². The van der Waals surface area contributed by atoms with Gasteiger partial charge in [-0.15, -0.1) is 0 Å². The van der Waals surface area contributed by atoms with Gasteiger partial charge in [0.2, 0.25) is 20.0 Å². The summed E-state index contributed by atoms with van der Waals surface area (Å²) in [7, 11) is -7.29. The summed E-state index contributed by atoms with van der Waals surface area (Å²) < 4.78 is 59.7. The monoisotopic (exact) mass is 417 g/mol. The van der Waals surface area contributed by atoms with Gasteiger partial charge in [0.05, 0.1) is 16.8 Å². The van der Waals surface area contributed by atoms with Crippen LogP contribution in [-0.4, -0.2) is 83.2 Å². The van der Waals surface area contributed by atoms with Gasteiger partial charge >= 0.3 is 0 Å². The van der Waals surface area contributed by atoms with E-state index in [1.165, 1.54) is 20.7 Å². The molecule has 0 aliphatic carbocycles. The Balaban J connectivity index is 1.75. The van der Waals surface area contributed by atoms with Crippen LogP contribution in [0, 0.1) is 0 Å². The van der Waals surface area contributed by atoms with E-state index in [9.17, 15) is 16.8 Å². The lowest BCUT2D eigenvalue weighted by Crippen LogP contribution is -2.49. The van der Waals surface area contributed by atoms with E-state index in [1.807, 2.05) is 0 Å². The number of hydrogen-bond acceptors (Lipinski definition) is 6. The normalized spacial score (nSPS) is 22.3. The summed E-state index contributed by atoms with van der Waals surface area (Å²) in [4.78, 5) is 0.169. The number of sulfonamides is 2. The Hall–Kier alpha value is -1.04. The molecule has 2 fully saturated rings. The SMILES string of the molecule is O=S(=O)(CCN(CC1CCCO1)S(=O)(=O)c1ccccc1)N1CCNCC1. The fourth-order valence-electron chi connectivity index (χ4n) is 3.34. The maximum absolute atomic E-state index is 13.1. The number of nitrogens with zero attached hydrogens (tertiary/aromatic N) is 2. The first kappa shape index (κ1) is 20.7. The molecule has 1 unspecified atom stereocenters. The summed E-state index contributed by atoms with van der Waals surface area (Å²) in [6, 6.07) is 8.13. The molecule has 0 spiro atoms. The summed E-state index contributed by atoms with van der Waals surface area (Å²) >= 11 is 0. The number of nitrogens with one attached hydrogen (secondary N) is 1. The Morgan fingerprint density at radius 2 is 1.81 bits per heavy atom. The standard InChI is InChI=1S/C17H27N3O5S2/c21-26(22,19-10-8-18-9-11-19)14-12-20(15-16-5-4-13-25-16)27(23,24)17-6-2-1-3-7-17/h1-3,6-7,16,18H,4-5,8-15H2. The molecule has 1 atom stereocenters. The molecule has 1 N–H and O–H groups in total. The molecule has 8 nitrogen and oxygen atoms in total. The Bertz CT molecular complexity index is 802. The van der Waals surface area contributed by atoms with E-state index in [0.29, 0.717) is 32.8 Å². The Kier molecular flexibility index (Phi) is 6.88. The van der Waals surface area contributed by atoms with E-state index in [-0.39, 0.29) is 29.8 Å². The Labute approximate surface area is 161 Å². The van der Waals surface area contributed by atoms with Crippen molar-refractivity contribution >= 4 is 20.0 Å². The maximum Gasteiger partial charge on any atom is 0.243 e. The quantitative estimate of drug-likeness (QED) is 0.644. The molecule has 2 saturated heterocycles. The lowest BCUT2D eigenvalue weighted by Gasteiger charge is -2.29. The van der Waals surface area contributed by atoms with E-state index >= 15 is 0 Å². The smallest absolute Gasteiger partial charge is 0.243 e.